The Labute approximate surface area is 89.5 Å². The van der Waals surface area contributed by atoms with Crippen molar-refractivity contribution in [1.29, 1.82) is 0 Å². The molecule has 1 N–H and O–H groups in total. The van der Waals surface area contributed by atoms with Crippen molar-refractivity contribution in [2.45, 2.75) is 12.8 Å². The fourth-order valence-electron chi connectivity index (χ4n) is 1.63. The first kappa shape index (κ1) is 9.99. The van der Waals surface area contributed by atoms with Gasteiger partial charge in [0.05, 0.1) is 5.52 Å². The predicted octanol–water partition coefficient (Wildman–Crippen LogP) is 2.88. The van der Waals surface area contributed by atoms with E-state index in [4.69, 9.17) is 5.11 Å². The van der Waals surface area contributed by atoms with Crippen LogP contribution in [0.2, 0.25) is 0 Å². The van der Waals surface area contributed by atoms with E-state index in [9.17, 15) is 0 Å². The van der Waals surface area contributed by atoms with Gasteiger partial charge in [-0.05, 0) is 30.4 Å². The van der Waals surface area contributed by atoms with E-state index in [1.165, 1.54) is 10.9 Å². The zero-order valence-corrected chi connectivity index (χ0v) is 8.63. The van der Waals surface area contributed by atoms with Crippen molar-refractivity contribution in [2.75, 3.05) is 6.61 Å². The summed E-state index contributed by atoms with van der Waals surface area (Å²) in [4.78, 5) is 0. The van der Waals surface area contributed by atoms with Gasteiger partial charge in [0, 0.05) is 19.0 Å². The molecule has 2 aromatic rings. The molecule has 1 heterocycles. The molecule has 0 saturated carbocycles. The molecule has 0 amide bonds. The lowest BCUT2D eigenvalue weighted by Gasteiger charge is -1.97. The number of aromatic nitrogens is 1. The summed E-state index contributed by atoms with van der Waals surface area (Å²) in [6.45, 7) is 0.261. The van der Waals surface area contributed by atoms with Crippen molar-refractivity contribution in [3.05, 3.63) is 42.6 Å². The topological polar surface area (TPSA) is 25.2 Å². The van der Waals surface area contributed by atoms with Crippen LogP contribution in [0.4, 0.5) is 0 Å². The fraction of sp³-hybridized carbons (Fsp3) is 0.231. The van der Waals surface area contributed by atoms with Crippen LogP contribution < -0.4 is 0 Å². The summed E-state index contributed by atoms with van der Waals surface area (Å²) >= 11 is 0. The molecule has 2 nitrogen and oxygen atoms in total. The molecule has 1 aromatic carbocycles. The van der Waals surface area contributed by atoms with Crippen molar-refractivity contribution in [1.82, 2.24) is 4.57 Å². The van der Waals surface area contributed by atoms with Gasteiger partial charge in [0.1, 0.15) is 0 Å². The second-order valence-corrected chi connectivity index (χ2v) is 3.53. The Kier molecular flexibility index (Phi) is 3.20. The van der Waals surface area contributed by atoms with E-state index in [1.54, 1.807) is 0 Å². The third kappa shape index (κ3) is 2.28. The first-order valence-corrected chi connectivity index (χ1v) is 5.25. The summed E-state index contributed by atoms with van der Waals surface area (Å²) in [5, 5.41) is 9.91. The molecule has 78 valence electrons. The smallest absolute Gasteiger partial charge is 0.0522 e. The molecule has 0 aliphatic carbocycles. The largest absolute Gasteiger partial charge is 0.396 e. The number of unbranched alkanes of at least 4 members (excludes halogenated alkanes) is 1. The molecule has 0 unspecified atom stereocenters. The Balaban J connectivity index is 2.17. The lowest BCUT2D eigenvalue weighted by molar-refractivity contribution is 0.289. The number of nitrogens with zero attached hydrogens (tertiary/aromatic N) is 1. The lowest BCUT2D eigenvalue weighted by atomic mass is 10.2. The predicted molar refractivity (Wildman–Crippen MR) is 63.6 cm³/mol. The van der Waals surface area contributed by atoms with Crippen LogP contribution in [0.1, 0.15) is 12.8 Å². The van der Waals surface area contributed by atoms with E-state index < -0.39 is 0 Å². The average Bonchev–Trinajstić information content (AvgIpc) is 2.68. The van der Waals surface area contributed by atoms with Gasteiger partial charge in [-0.3, -0.25) is 0 Å². The van der Waals surface area contributed by atoms with E-state index in [1.807, 2.05) is 12.1 Å². The summed E-state index contributed by atoms with van der Waals surface area (Å²) in [6.07, 6.45) is 7.94. The first-order valence-electron chi connectivity index (χ1n) is 5.25. The molecule has 0 radical (unpaired) electrons. The zero-order chi connectivity index (χ0) is 10.5. The summed E-state index contributed by atoms with van der Waals surface area (Å²) in [5.41, 5.74) is 1.22. The van der Waals surface area contributed by atoms with E-state index in [2.05, 4.69) is 41.2 Å². The molecule has 0 fully saturated rings. The van der Waals surface area contributed by atoms with Gasteiger partial charge in [-0.1, -0.05) is 24.3 Å². The third-order valence-electron chi connectivity index (χ3n) is 2.42. The number of hydrogen-bond donors (Lipinski definition) is 1. The SMILES string of the molecule is OCCCC=Cn1ccc2ccccc21. The van der Waals surface area contributed by atoms with Gasteiger partial charge >= 0.3 is 0 Å². The fourth-order valence-corrected chi connectivity index (χ4v) is 1.63. The van der Waals surface area contributed by atoms with E-state index in [-0.39, 0.29) is 6.61 Å². The van der Waals surface area contributed by atoms with Crippen molar-refractivity contribution in [2.24, 2.45) is 0 Å². The molecule has 2 heteroatoms. The maximum atomic E-state index is 8.65. The molecule has 0 saturated heterocycles. The zero-order valence-electron chi connectivity index (χ0n) is 8.63. The monoisotopic (exact) mass is 201 g/mol. The molecular weight excluding hydrogens is 186 g/mol. The minimum atomic E-state index is 0.261. The summed E-state index contributed by atoms with van der Waals surface area (Å²) < 4.78 is 2.10. The second-order valence-electron chi connectivity index (χ2n) is 3.53. The van der Waals surface area contributed by atoms with Gasteiger partial charge in [0.25, 0.3) is 0 Å². The maximum absolute atomic E-state index is 8.65. The minimum absolute atomic E-state index is 0.261. The first-order chi connectivity index (χ1) is 7.42. The molecule has 2 rings (SSSR count). The van der Waals surface area contributed by atoms with Crippen molar-refractivity contribution in [3.8, 4) is 0 Å². The summed E-state index contributed by atoms with van der Waals surface area (Å²) in [6, 6.07) is 10.4. The number of rotatable bonds is 4. The maximum Gasteiger partial charge on any atom is 0.0522 e. The van der Waals surface area contributed by atoms with Crippen molar-refractivity contribution < 1.29 is 5.11 Å². The highest BCUT2D eigenvalue weighted by Crippen LogP contribution is 2.15. The van der Waals surface area contributed by atoms with Gasteiger partial charge in [0.15, 0.2) is 0 Å². The van der Waals surface area contributed by atoms with Gasteiger partial charge in [-0.15, -0.1) is 0 Å². The lowest BCUT2D eigenvalue weighted by Crippen LogP contribution is -1.83. The van der Waals surface area contributed by atoms with Crippen LogP contribution in [-0.4, -0.2) is 16.3 Å². The van der Waals surface area contributed by atoms with E-state index >= 15 is 0 Å². The highest BCUT2D eigenvalue weighted by atomic mass is 16.2. The molecule has 0 bridgehead atoms. The Morgan fingerprint density at radius 1 is 1.20 bits per heavy atom. The van der Waals surface area contributed by atoms with Gasteiger partial charge in [0.2, 0.25) is 0 Å². The second kappa shape index (κ2) is 4.80. The number of aliphatic hydroxyl groups is 1. The highest BCUT2D eigenvalue weighted by molar-refractivity contribution is 5.81. The van der Waals surface area contributed by atoms with Crippen LogP contribution >= 0.6 is 0 Å². The highest BCUT2D eigenvalue weighted by Gasteiger charge is 1.95. The number of allylic oxidation sites excluding steroid dienone is 1. The van der Waals surface area contributed by atoms with Gasteiger partial charge in [-0.25, -0.2) is 0 Å². The number of para-hydroxylation sites is 1. The summed E-state index contributed by atoms with van der Waals surface area (Å²) in [5.74, 6) is 0. The van der Waals surface area contributed by atoms with E-state index in [0.29, 0.717) is 0 Å². The van der Waals surface area contributed by atoms with Gasteiger partial charge < -0.3 is 9.67 Å². The Morgan fingerprint density at radius 3 is 2.93 bits per heavy atom. The number of hydrogen-bond acceptors (Lipinski definition) is 1. The van der Waals surface area contributed by atoms with Crippen LogP contribution in [0.15, 0.2) is 42.6 Å². The Hall–Kier alpha value is -1.54. The molecule has 0 aliphatic heterocycles. The standard InChI is InChI=1S/C13H15NO/c15-11-5-1-4-9-14-10-8-12-6-2-3-7-13(12)14/h2-4,6-10,15H,1,5,11H2. The Bertz CT molecular complexity index is 456. The Morgan fingerprint density at radius 2 is 2.07 bits per heavy atom. The van der Waals surface area contributed by atoms with E-state index in [0.717, 1.165) is 12.8 Å². The minimum Gasteiger partial charge on any atom is -0.396 e. The molecule has 0 atom stereocenters. The molecular formula is C13H15NO. The van der Waals surface area contributed by atoms with Crippen LogP contribution in [0.25, 0.3) is 17.1 Å². The molecule has 0 aliphatic rings. The number of fused-ring (bicyclic) bond motifs is 1. The van der Waals surface area contributed by atoms with Crippen molar-refractivity contribution in [3.63, 3.8) is 0 Å². The van der Waals surface area contributed by atoms with Crippen molar-refractivity contribution >= 4 is 17.1 Å². The van der Waals surface area contributed by atoms with Crippen LogP contribution in [-0.2, 0) is 0 Å². The molecule has 15 heavy (non-hydrogen) atoms. The molecule has 1 aromatic heterocycles. The third-order valence-corrected chi connectivity index (χ3v) is 2.42. The van der Waals surface area contributed by atoms with Gasteiger partial charge in [-0.2, -0.15) is 0 Å². The quantitative estimate of drug-likeness (QED) is 0.756. The number of aliphatic hydroxyl groups excluding tert-OH is 1. The summed E-state index contributed by atoms with van der Waals surface area (Å²) in [7, 11) is 0. The molecule has 0 spiro atoms. The van der Waals surface area contributed by atoms with Crippen LogP contribution in [0, 0.1) is 0 Å². The van der Waals surface area contributed by atoms with Crippen LogP contribution in [0.3, 0.4) is 0 Å². The van der Waals surface area contributed by atoms with Crippen LogP contribution in [0.5, 0.6) is 0 Å². The normalized spacial score (nSPS) is 11.5. The number of benzene rings is 1. The average molecular weight is 201 g/mol.